The summed E-state index contributed by atoms with van der Waals surface area (Å²) in [6.07, 6.45) is 0.853. The molecule has 1 N–H and O–H groups in total. The third-order valence-corrected chi connectivity index (χ3v) is 6.34. The van der Waals surface area contributed by atoms with Crippen LogP contribution in [0, 0.1) is 17.1 Å². The maximum Gasteiger partial charge on any atom is 0.306 e. The van der Waals surface area contributed by atoms with Crippen LogP contribution < -0.4 is 14.2 Å². The Labute approximate surface area is 201 Å². The fourth-order valence-electron chi connectivity index (χ4n) is 4.60. The molecule has 0 saturated heterocycles. The molecule has 1 aliphatic heterocycles. The lowest BCUT2D eigenvalue weighted by Crippen LogP contribution is -2.09. The first-order chi connectivity index (χ1) is 17.0. The number of nitriles is 1. The molecule has 3 aromatic carbocycles. The molecule has 3 aromatic rings. The number of phenolic OH excluding ortho intramolecular Hbond substituents is 1. The highest BCUT2D eigenvalue weighted by Crippen LogP contribution is 2.44. The van der Waals surface area contributed by atoms with Crippen molar-refractivity contribution in [3.8, 4) is 34.8 Å². The van der Waals surface area contributed by atoms with E-state index in [9.17, 15) is 14.3 Å². The molecule has 0 bridgehead atoms. The van der Waals surface area contributed by atoms with E-state index in [-0.39, 0.29) is 35.4 Å². The summed E-state index contributed by atoms with van der Waals surface area (Å²) < 4.78 is 37.5. The van der Waals surface area contributed by atoms with Gasteiger partial charge in [0.05, 0.1) is 25.7 Å². The van der Waals surface area contributed by atoms with Crippen molar-refractivity contribution in [3.05, 3.63) is 76.6 Å². The molecule has 7 nitrogen and oxygen atoms in total. The van der Waals surface area contributed by atoms with Crippen LogP contribution in [0.25, 0.3) is 0 Å². The predicted molar refractivity (Wildman–Crippen MR) is 122 cm³/mol. The Kier molecular flexibility index (Phi) is 5.91. The van der Waals surface area contributed by atoms with Crippen LogP contribution in [0.4, 0.5) is 4.39 Å². The van der Waals surface area contributed by atoms with Crippen molar-refractivity contribution in [3.63, 3.8) is 0 Å². The molecule has 0 radical (unpaired) electrons. The van der Waals surface area contributed by atoms with Crippen LogP contribution in [0.15, 0.2) is 48.5 Å². The van der Waals surface area contributed by atoms with Gasteiger partial charge in [-0.05, 0) is 43.2 Å². The maximum absolute atomic E-state index is 14.9. The average molecular weight is 475 g/mol. The number of rotatable bonds is 6. The molecule has 0 amide bonds. The number of carbonyl (C=O) groups is 1. The van der Waals surface area contributed by atoms with Crippen molar-refractivity contribution in [2.45, 2.75) is 31.3 Å². The Morgan fingerprint density at radius 2 is 2.03 bits per heavy atom. The van der Waals surface area contributed by atoms with E-state index >= 15 is 0 Å². The standard InChI is InChI=1S/C27H22FNO6/c1-32-26(31)11-16-14-33-25-12-18(2-4-19(16)25)35-24-8-5-20-23(9-6-21(28)27(20)24)34-17-3-7-22(30)15(10-17)13-29/h2-4,6-7,9-10,12,16,24,30H,5,8,11,14H2,1H3/t16-,24-/m1/s1. The van der Waals surface area contributed by atoms with E-state index in [0.29, 0.717) is 53.6 Å². The normalized spacial score (nSPS) is 17.6. The Morgan fingerprint density at radius 1 is 1.20 bits per heavy atom. The minimum atomic E-state index is -0.506. The number of esters is 1. The third kappa shape index (κ3) is 4.33. The molecule has 1 aliphatic carbocycles. The van der Waals surface area contributed by atoms with Crippen LogP contribution in [0.3, 0.4) is 0 Å². The Bertz CT molecular complexity index is 1350. The van der Waals surface area contributed by atoms with Gasteiger partial charge >= 0.3 is 5.97 Å². The largest absolute Gasteiger partial charge is 0.507 e. The lowest BCUT2D eigenvalue weighted by atomic mass is 9.98. The van der Waals surface area contributed by atoms with E-state index in [1.54, 1.807) is 24.3 Å². The molecule has 8 heteroatoms. The zero-order valence-corrected chi connectivity index (χ0v) is 18.9. The van der Waals surface area contributed by atoms with Gasteiger partial charge in [0, 0.05) is 34.7 Å². The lowest BCUT2D eigenvalue weighted by Gasteiger charge is -2.17. The van der Waals surface area contributed by atoms with E-state index in [4.69, 9.17) is 24.2 Å². The lowest BCUT2D eigenvalue weighted by molar-refractivity contribution is -0.141. The summed E-state index contributed by atoms with van der Waals surface area (Å²) in [4.78, 5) is 11.6. The quantitative estimate of drug-likeness (QED) is 0.483. The molecule has 1 heterocycles. The summed E-state index contributed by atoms with van der Waals surface area (Å²) in [6, 6.07) is 14.6. The highest BCUT2D eigenvalue weighted by atomic mass is 19.1. The minimum absolute atomic E-state index is 0.0719. The van der Waals surface area contributed by atoms with Gasteiger partial charge in [-0.3, -0.25) is 4.79 Å². The molecule has 2 atom stereocenters. The number of nitrogens with zero attached hydrogens (tertiary/aromatic N) is 1. The number of benzene rings is 3. The SMILES string of the molecule is COC(=O)C[C@@H]1COc2cc(O[C@@H]3CCc4c(Oc5ccc(O)c(C#N)c5)ccc(F)c43)ccc21. The van der Waals surface area contributed by atoms with Gasteiger partial charge in [0.1, 0.15) is 46.7 Å². The van der Waals surface area contributed by atoms with Crippen LogP contribution in [-0.4, -0.2) is 24.8 Å². The molecule has 178 valence electrons. The van der Waals surface area contributed by atoms with Gasteiger partial charge in [-0.2, -0.15) is 5.26 Å². The number of ether oxygens (including phenoxy) is 4. The minimum Gasteiger partial charge on any atom is -0.507 e. The number of aromatic hydroxyl groups is 1. The smallest absolute Gasteiger partial charge is 0.306 e. The Balaban J connectivity index is 1.36. The number of methoxy groups -OCH3 is 1. The van der Waals surface area contributed by atoms with Gasteiger partial charge in [0.2, 0.25) is 0 Å². The second-order valence-corrected chi connectivity index (χ2v) is 8.46. The van der Waals surface area contributed by atoms with E-state index < -0.39 is 6.10 Å². The predicted octanol–water partition coefficient (Wildman–Crippen LogP) is 5.30. The summed E-state index contributed by atoms with van der Waals surface area (Å²) >= 11 is 0. The molecular weight excluding hydrogens is 453 g/mol. The summed E-state index contributed by atoms with van der Waals surface area (Å²) in [6.45, 7) is 0.389. The highest BCUT2D eigenvalue weighted by Gasteiger charge is 2.32. The topological polar surface area (TPSA) is 98.0 Å². The summed E-state index contributed by atoms with van der Waals surface area (Å²) in [5, 5.41) is 18.9. The number of hydrogen-bond donors (Lipinski definition) is 1. The second-order valence-electron chi connectivity index (χ2n) is 8.46. The van der Waals surface area contributed by atoms with Crippen LogP contribution >= 0.6 is 0 Å². The average Bonchev–Trinajstić information content (AvgIpc) is 3.46. The van der Waals surface area contributed by atoms with E-state index in [1.165, 1.54) is 25.3 Å². The van der Waals surface area contributed by atoms with Gasteiger partial charge in [0.15, 0.2) is 0 Å². The molecule has 0 fully saturated rings. The molecule has 5 rings (SSSR count). The van der Waals surface area contributed by atoms with E-state index in [1.807, 2.05) is 12.1 Å². The first kappa shape index (κ1) is 22.5. The van der Waals surface area contributed by atoms with E-state index in [2.05, 4.69) is 0 Å². The van der Waals surface area contributed by atoms with Crippen molar-refractivity contribution >= 4 is 5.97 Å². The van der Waals surface area contributed by atoms with Gasteiger partial charge in [-0.15, -0.1) is 0 Å². The molecule has 0 aromatic heterocycles. The molecule has 0 saturated carbocycles. The van der Waals surface area contributed by atoms with Crippen molar-refractivity contribution in [1.29, 1.82) is 5.26 Å². The molecule has 2 aliphatic rings. The maximum atomic E-state index is 14.9. The van der Waals surface area contributed by atoms with Gasteiger partial charge < -0.3 is 24.1 Å². The van der Waals surface area contributed by atoms with Crippen LogP contribution in [0.2, 0.25) is 0 Å². The number of carbonyl (C=O) groups excluding carboxylic acids is 1. The van der Waals surface area contributed by atoms with Crippen molar-refractivity contribution in [2.24, 2.45) is 0 Å². The molecule has 0 spiro atoms. The van der Waals surface area contributed by atoms with Crippen LogP contribution in [0.1, 0.15) is 47.1 Å². The molecular formula is C27H22FNO6. The zero-order valence-electron chi connectivity index (χ0n) is 18.9. The van der Waals surface area contributed by atoms with Crippen LogP contribution in [-0.2, 0) is 16.0 Å². The molecule has 35 heavy (non-hydrogen) atoms. The third-order valence-electron chi connectivity index (χ3n) is 6.34. The Morgan fingerprint density at radius 3 is 2.83 bits per heavy atom. The van der Waals surface area contributed by atoms with Crippen molar-refractivity contribution in [1.82, 2.24) is 0 Å². The van der Waals surface area contributed by atoms with Gasteiger partial charge in [-0.1, -0.05) is 6.07 Å². The van der Waals surface area contributed by atoms with Crippen molar-refractivity contribution < 1.29 is 33.2 Å². The van der Waals surface area contributed by atoms with E-state index in [0.717, 1.165) is 5.56 Å². The number of phenols is 1. The first-order valence-corrected chi connectivity index (χ1v) is 11.2. The van der Waals surface area contributed by atoms with Crippen LogP contribution in [0.5, 0.6) is 28.7 Å². The number of halogens is 1. The summed E-state index contributed by atoms with van der Waals surface area (Å²) in [5.41, 5.74) is 2.15. The zero-order chi connectivity index (χ0) is 24.5. The monoisotopic (exact) mass is 475 g/mol. The number of fused-ring (bicyclic) bond motifs is 2. The fraction of sp³-hybridized carbons (Fsp3) is 0.259. The summed E-state index contributed by atoms with van der Waals surface area (Å²) in [7, 11) is 1.36. The van der Waals surface area contributed by atoms with Crippen molar-refractivity contribution in [2.75, 3.05) is 13.7 Å². The first-order valence-electron chi connectivity index (χ1n) is 11.2. The second kappa shape index (κ2) is 9.18. The van der Waals surface area contributed by atoms with Gasteiger partial charge in [-0.25, -0.2) is 4.39 Å². The fourth-order valence-corrected chi connectivity index (χ4v) is 4.60. The van der Waals surface area contributed by atoms with Gasteiger partial charge in [0.25, 0.3) is 0 Å². The Hall–Kier alpha value is -4.25. The number of hydrogen-bond acceptors (Lipinski definition) is 7. The summed E-state index contributed by atoms with van der Waals surface area (Å²) in [5.74, 6) is 1.16. The molecule has 0 unspecified atom stereocenters. The highest BCUT2D eigenvalue weighted by molar-refractivity contribution is 5.71.